The lowest BCUT2D eigenvalue weighted by Crippen LogP contribution is -2.43. The molecular formula is C13H17N3O4S. The Kier molecular flexibility index (Phi) is 3.81. The minimum Gasteiger partial charge on any atom is -0.480 e. The number of urea groups is 1. The number of rotatable bonds is 2. The van der Waals surface area contributed by atoms with E-state index in [9.17, 15) is 14.7 Å². The molecule has 1 saturated heterocycles. The van der Waals surface area contributed by atoms with Crippen LogP contribution in [0, 0.1) is 0 Å². The number of aliphatic carboxylic acids is 1. The summed E-state index contributed by atoms with van der Waals surface area (Å²) in [5.41, 5.74) is 1.04. The number of carbonyl (C=O) groups excluding carboxylic acids is 1. The summed E-state index contributed by atoms with van der Waals surface area (Å²) < 4.78 is 0. The van der Waals surface area contributed by atoms with Crippen molar-refractivity contribution in [3.63, 3.8) is 0 Å². The fourth-order valence-corrected chi connectivity index (χ4v) is 3.88. The highest BCUT2D eigenvalue weighted by molar-refractivity contribution is 7.15. The van der Waals surface area contributed by atoms with Gasteiger partial charge in [0.1, 0.15) is 6.04 Å². The first kappa shape index (κ1) is 14.3. The topological polar surface area (TPSA) is 103 Å². The van der Waals surface area contributed by atoms with Gasteiger partial charge in [-0.3, -0.25) is 5.32 Å². The second-order valence-electron chi connectivity index (χ2n) is 5.42. The van der Waals surface area contributed by atoms with Crippen LogP contribution in [-0.2, 0) is 17.6 Å². The summed E-state index contributed by atoms with van der Waals surface area (Å²) in [6, 6.07) is -1.49. The van der Waals surface area contributed by atoms with Crippen LogP contribution >= 0.6 is 11.3 Å². The van der Waals surface area contributed by atoms with Crippen LogP contribution < -0.4 is 5.32 Å². The summed E-state index contributed by atoms with van der Waals surface area (Å²) in [5.74, 6) is -1.10. The van der Waals surface area contributed by atoms with Crippen molar-refractivity contribution in [1.29, 1.82) is 0 Å². The van der Waals surface area contributed by atoms with Gasteiger partial charge in [0.2, 0.25) is 0 Å². The molecule has 3 rings (SSSR count). The van der Waals surface area contributed by atoms with E-state index in [1.807, 2.05) is 0 Å². The summed E-state index contributed by atoms with van der Waals surface area (Å²) in [4.78, 5) is 30.1. The van der Waals surface area contributed by atoms with E-state index >= 15 is 0 Å². The number of aliphatic hydroxyl groups excluding tert-OH is 1. The first-order chi connectivity index (χ1) is 10.0. The summed E-state index contributed by atoms with van der Waals surface area (Å²) >= 11 is 1.45. The van der Waals surface area contributed by atoms with Crippen molar-refractivity contribution >= 4 is 28.5 Å². The maximum atomic E-state index is 12.2. The maximum Gasteiger partial charge on any atom is 0.326 e. The molecule has 0 saturated carbocycles. The fourth-order valence-electron chi connectivity index (χ4n) is 2.84. The number of thiazole rings is 1. The molecule has 114 valence electrons. The predicted octanol–water partition coefficient (Wildman–Crippen LogP) is 1.07. The summed E-state index contributed by atoms with van der Waals surface area (Å²) in [6.45, 7) is 0.0356. The van der Waals surface area contributed by atoms with E-state index < -0.39 is 24.1 Å². The predicted molar refractivity (Wildman–Crippen MR) is 76.5 cm³/mol. The third kappa shape index (κ3) is 2.86. The Bertz CT molecular complexity index is 550. The lowest BCUT2D eigenvalue weighted by atomic mass is 10.0. The van der Waals surface area contributed by atoms with Gasteiger partial charge in [-0.1, -0.05) is 0 Å². The number of aryl methyl sites for hydroxylation is 2. The standard InChI is InChI=1S/C13H17N3O4S/c17-7-5-9(11(18)19)16(6-7)13(20)15-12-14-8-3-1-2-4-10(8)21-12/h7,9,17H,1-6H2,(H,18,19)(H,14,15,20)/t7-,9+/m1/s1. The zero-order chi connectivity index (χ0) is 15.0. The third-order valence-corrected chi connectivity index (χ3v) is 4.96. The molecule has 2 atom stereocenters. The lowest BCUT2D eigenvalue weighted by Gasteiger charge is -2.20. The molecule has 1 aliphatic heterocycles. The van der Waals surface area contributed by atoms with Crippen LogP contribution in [0.15, 0.2) is 0 Å². The smallest absolute Gasteiger partial charge is 0.326 e. The molecule has 0 bridgehead atoms. The third-order valence-electron chi connectivity index (χ3n) is 3.88. The SMILES string of the molecule is O=C(O)[C@@H]1C[C@@H](O)CN1C(=O)Nc1nc2c(s1)CCCC2. The van der Waals surface area contributed by atoms with Crippen molar-refractivity contribution in [2.75, 3.05) is 11.9 Å². The van der Waals surface area contributed by atoms with Crippen molar-refractivity contribution in [1.82, 2.24) is 9.88 Å². The average molecular weight is 311 g/mol. The van der Waals surface area contributed by atoms with E-state index in [1.165, 1.54) is 16.2 Å². The van der Waals surface area contributed by atoms with Gasteiger partial charge in [-0.15, -0.1) is 11.3 Å². The molecule has 21 heavy (non-hydrogen) atoms. The number of aromatic nitrogens is 1. The summed E-state index contributed by atoms with van der Waals surface area (Å²) in [7, 11) is 0. The zero-order valence-electron chi connectivity index (χ0n) is 11.4. The number of amides is 2. The van der Waals surface area contributed by atoms with Gasteiger partial charge in [0.15, 0.2) is 5.13 Å². The van der Waals surface area contributed by atoms with E-state index in [0.717, 1.165) is 36.3 Å². The van der Waals surface area contributed by atoms with Crippen LogP contribution in [0.1, 0.15) is 29.8 Å². The highest BCUT2D eigenvalue weighted by Gasteiger charge is 2.39. The quantitative estimate of drug-likeness (QED) is 0.758. The van der Waals surface area contributed by atoms with Crippen LogP contribution in [-0.4, -0.2) is 50.8 Å². The van der Waals surface area contributed by atoms with Crippen molar-refractivity contribution in [3.8, 4) is 0 Å². The van der Waals surface area contributed by atoms with Crippen LogP contribution in [0.2, 0.25) is 0 Å². The number of likely N-dealkylation sites (tertiary alicyclic amines) is 1. The number of carboxylic acids is 1. The largest absolute Gasteiger partial charge is 0.480 e. The van der Waals surface area contributed by atoms with Crippen LogP contribution in [0.4, 0.5) is 9.93 Å². The monoisotopic (exact) mass is 311 g/mol. The van der Waals surface area contributed by atoms with Gasteiger partial charge in [-0.25, -0.2) is 14.6 Å². The van der Waals surface area contributed by atoms with Crippen molar-refractivity contribution in [3.05, 3.63) is 10.6 Å². The molecule has 1 fully saturated rings. The fraction of sp³-hybridized carbons (Fsp3) is 0.615. The Labute approximate surface area is 125 Å². The lowest BCUT2D eigenvalue weighted by molar-refractivity contribution is -0.141. The Morgan fingerprint density at radius 1 is 1.33 bits per heavy atom. The van der Waals surface area contributed by atoms with Crippen LogP contribution in [0.3, 0.4) is 0 Å². The van der Waals surface area contributed by atoms with E-state index in [0.29, 0.717) is 5.13 Å². The second kappa shape index (κ2) is 5.61. The number of nitrogens with one attached hydrogen (secondary N) is 1. The molecule has 2 aliphatic rings. The molecule has 1 aromatic rings. The number of β-amino-alcohol motifs (C(OH)–C–C–N with tert-alkyl or cyclic N) is 1. The molecule has 2 heterocycles. The van der Waals surface area contributed by atoms with Gasteiger partial charge >= 0.3 is 12.0 Å². The number of carboxylic acid groups (broad SMARTS) is 1. The van der Waals surface area contributed by atoms with E-state index in [-0.39, 0.29) is 13.0 Å². The number of hydrogen-bond donors (Lipinski definition) is 3. The molecule has 0 aromatic carbocycles. The molecule has 1 aromatic heterocycles. The summed E-state index contributed by atoms with van der Waals surface area (Å²) in [6.07, 6.45) is 3.45. The van der Waals surface area contributed by atoms with Gasteiger partial charge in [0.05, 0.1) is 11.8 Å². The first-order valence-electron chi connectivity index (χ1n) is 7.01. The molecule has 1 aliphatic carbocycles. The maximum absolute atomic E-state index is 12.2. The molecule has 0 spiro atoms. The normalized spacial score (nSPS) is 24.7. The zero-order valence-corrected chi connectivity index (χ0v) is 12.2. The molecule has 3 N–H and O–H groups in total. The molecule has 7 nitrogen and oxygen atoms in total. The Morgan fingerprint density at radius 2 is 2.10 bits per heavy atom. The average Bonchev–Trinajstić information content (AvgIpc) is 3.01. The van der Waals surface area contributed by atoms with E-state index in [1.54, 1.807) is 0 Å². The van der Waals surface area contributed by atoms with Crippen LogP contribution in [0.25, 0.3) is 0 Å². The van der Waals surface area contributed by atoms with Gasteiger partial charge in [-0.2, -0.15) is 0 Å². The molecule has 8 heteroatoms. The molecule has 0 unspecified atom stereocenters. The number of carbonyl (C=O) groups is 2. The minimum atomic E-state index is -1.10. The van der Waals surface area contributed by atoms with Crippen LogP contribution in [0.5, 0.6) is 0 Å². The number of hydrogen-bond acceptors (Lipinski definition) is 5. The number of nitrogens with zero attached hydrogens (tertiary/aromatic N) is 2. The summed E-state index contributed by atoms with van der Waals surface area (Å²) in [5, 5.41) is 21.8. The molecular weight excluding hydrogens is 294 g/mol. The number of fused-ring (bicyclic) bond motifs is 1. The highest BCUT2D eigenvalue weighted by Crippen LogP contribution is 2.30. The Hall–Kier alpha value is -1.67. The molecule has 0 radical (unpaired) electrons. The van der Waals surface area contributed by atoms with Gasteiger partial charge in [-0.05, 0) is 25.7 Å². The Morgan fingerprint density at radius 3 is 2.81 bits per heavy atom. The van der Waals surface area contributed by atoms with Crippen molar-refractivity contribution < 1.29 is 19.8 Å². The highest BCUT2D eigenvalue weighted by atomic mass is 32.1. The van der Waals surface area contributed by atoms with E-state index in [2.05, 4.69) is 10.3 Å². The number of anilines is 1. The molecule has 2 amide bonds. The van der Waals surface area contributed by atoms with Gasteiger partial charge < -0.3 is 15.1 Å². The number of aliphatic hydroxyl groups is 1. The van der Waals surface area contributed by atoms with E-state index in [4.69, 9.17) is 5.11 Å². The minimum absolute atomic E-state index is 0.0356. The van der Waals surface area contributed by atoms with Gasteiger partial charge in [0.25, 0.3) is 0 Å². The second-order valence-corrected chi connectivity index (χ2v) is 6.51. The Balaban J connectivity index is 1.71. The van der Waals surface area contributed by atoms with Crippen molar-refractivity contribution in [2.45, 2.75) is 44.2 Å². The first-order valence-corrected chi connectivity index (χ1v) is 7.83. The van der Waals surface area contributed by atoms with Crippen molar-refractivity contribution in [2.24, 2.45) is 0 Å². The van der Waals surface area contributed by atoms with Gasteiger partial charge in [0, 0.05) is 17.8 Å².